The molecular weight excluding hydrogens is 282 g/mol. The van der Waals surface area contributed by atoms with Crippen molar-refractivity contribution >= 4 is 46.4 Å². The summed E-state index contributed by atoms with van der Waals surface area (Å²) < 4.78 is 0.660. The van der Waals surface area contributed by atoms with Gasteiger partial charge in [0.05, 0.1) is 4.34 Å². The molecule has 2 aromatic rings. The first-order valence-corrected chi connectivity index (χ1v) is 6.77. The number of carbonyl (C=O) groups excluding carboxylic acids is 2. The van der Waals surface area contributed by atoms with E-state index >= 15 is 0 Å². The summed E-state index contributed by atoms with van der Waals surface area (Å²) in [4.78, 5) is 24.5. The van der Waals surface area contributed by atoms with Crippen LogP contribution in [-0.2, 0) is 4.79 Å². The molecule has 1 aliphatic rings. The molecule has 3 nitrogen and oxygen atoms in total. The van der Waals surface area contributed by atoms with Gasteiger partial charge in [0.15, 0.2) is 0 Å². The van der Waals surface area contributed by atoms with Gasteiger partial charge in [-0.2, -0.15) is 0 Å². The van der Waals surface area contributed by atoms with E-state index in [1.54, 1.807) is 36.4 Å². The summed E-state index contributed by atoms with van der Waals surface area (Å²) in [5.74, 6) is -0.741. The molecule has 1 aromatic heterocycles. The Kier molecular flexibility index (Phi) is 2.97. The van der Waals surface area contributed by atoms with Gasteiger partial charge in [-0.3, -0.25) is 14.9 Å². The number of carbonyl (C=O) groups is 2. The Hall–Kier alpha value is -1.91. The molecule has 1 aliphatic heterocycles. The minimum atomic E-state index is -0.381. The SMILES string of the molecule is O=C1NC(=O)c2ccccc2C1=Cc1ccc(Cl)s1. The van der Waals surface area contributed by atoms with E-state index in [1.807, 2.05) is 6.07 Å². The lowest BCUT2D eigenvalue weighted by Gasteiger charge is -2.17. The van der Waals surface area contributed by atoms with Gasteiger partial charge >= 0.3 is 0 Å². The van der Waals surface area contributed by atoms with Crippen molar-refractivity contribution in [2.75, 3.05) is 0 Å². The molecule has 0 aliphatic carbocycles. The van der Waals surface area contributed by atoms with Crippen LogP contribution in [0.1, 0.15) is 20.8 Å². The van der Waals surface area contributed by atoms with Crippen LogP contribution in [0.25, 0.3) is 11.6 Å². The lowest BCUT2D eigenvalue weighted by molar-refractivity contribution is -0.114. The molecule has 94 valence electrons. The number of imide groups is 1. The molecule has 0 saturated carbocycles. The molecule has 5 heteroatoms. The second-order valence-corrected chi connectivity index (χ2v) is 5.78. The van der Waals surface area contributed by atoms with E-state index in [1.165, 1.54) is 11.3 Å². The summed E-state index contributed by atoms with van der Waals surface area (Å²) in [5, 5.41) is 2.34. The fourth-order valence-corrected chi connectivity index (χ4v) is 2.97. The third kappa shape index (κ3) is 2.20. The lowest BCUT2D eigenvalue weighted by atomic mass is 9.94. The molecule has 0 radical (unpaired) electrons. The predicted molar refractivity (Wildman–Crippen MR) is 76.1 cm³/mol. The Balaban J connectivity index is 2.15. The monoisotopic (exact) mass is 289 g/mol. The highest BCUT2D eigenvalue weighted by atomic mass is 35.5. The number of rotatable bonds is 1. The van der Waals surface area contributed by atoms with Crippen LogP contribution in [0.15, 0.2) is 36.4 Å². The summed E-state index contributed by atoms with van der Waals surface area (Å²) in [6, 6.07) is 10.7. The lowest BCUT2D eigenvalue weighted by Crippen LogP contribution is -2.36. The number of hydrogen-bond acceptors (Lipinski definition) is 3. The quantitative estimate of drug-likeness (QED) is 0.647. The maximum atomic E-state index is 12.0. The van der Waals surface area contributed by atoms with Crippen LogP contribution >= 0.6 is 22.9 Å². The highest BCUT2D eigenvalue weighted by Crippen LogP contribution is 2.29. The Labute approximate surface area is 118 Å². The third-order valence-corrected chi connectivity index (χ3v) is 3.99. The zero-order valence-electron chi connectivity index (χ0n) is 9.64. The highest BCUT2D eigenvalue weighted by Gasteiger charge is 2.26. The fourth-order valence-electron chi connectivity index (χ4n) is 1.97. The van der Waals surface area contributed by atoms with Gasteiger partial charge < -0.3 is 0 Å². The van der Waals surface area contributed by atoms with Crippen molar-refractivity contribution in [1.82, 2.24) is 5.32 Å². The summed E-state index contributed by atoms with van der Waals surface area (Å²) in [6.45, 7) is 0. The maximum Gasteiger partial charge on any atom is 0.258 e. The molecule has 0 bridgehead atoms. The number of fused-ring (bicyclic) bond motifs is 1. The molecule has 0 fully saturated rings. The maximum absolute atomic E-state index is 12.0. The number of hydrogen-bond donors (Lipinski definition) is 1. The molecule has 19 heavy (non-hydrogen) atoms. The van der Waals surface area contributed by atoms with Crippen LogP contribution < -0.4 is 5.32 Å². The second kappa shape index (κ2) is 4.64. The van der Waals surface area contributed by atoms with Crippen molar-refractivity contribution in [3.05, 3.63) is 56.7 Å². The van der Waals surface area contributed by atoms with Crippen LogP contribution in [-0.4, -0.2) is 11.8 Å². The van der Waals surface area contributed by atoms with Gasteiger partial charge in [-0.05, 0) is 29.8 Å². The van der Waals surface area contributed by atoms with Gasteiger partial charge in [0.2, 0.25) is 0 Å². The van der Waals surface area contributed by atoms with E-state index in [9.17, 15) is 9.59 Å². The van der Waals surface area contributed by atoms with Crippen molar-refractivity contribution in [3.8, 4) is 0 Å². The molecule has 2 amide bonds. The van der Waals surface area contributed by atoms with Gasteiger partial charge in [0, 0.05) is 16.0 Å². The topological polar surface area (TPSA) is 46.2 Å². The summed E-state index contributed by atoms with van der Waals surface area (Å²) in [5.41, 5.74) is 1.64. The molecule has 0 atom stereocenters. The average Bonchev–Trinajstić information content (AvgIpc) is 2.80. The van der Waals surface area contributed by atoms with Gasteiger partial charge in [0.1, 0.15) is 0 Å². The van der Waals surface area contributed by atoms with E-state index in [4.69, 9.17) is 11.6 Å². The number of halogens is 1. The molecule has 0 unspecified atom stereocenters. The smallest absolute Gasteiger partial charge is 0.258 e. The Bertz CT molecular complexity index is 718. The molecule has 3 rings (SSSR count). The van der Waals surface area contributed by atoms with Gasteiger partial charge in [-0.1, -0.05) is 29.8 Å². The molecular formula is C14H8ClNO2S. The Morgan fingerprint density at radius 3 is 2.42 bits per heavy atom. The van der Waals surface area contributed by atoms with Crippen LogP contribution in [0.5, 0.6) is 0 Å². The first-order valence-electron chi connectivity index (χ1n) is 5.57. The van der Waals surface area contributed by atoms with E-state index in [0.29, 0.717) is 21.0 Å². The van der Waals surface area contributed by atoms with E-state index in [0.717, 1.165) is 4.88 Å². The molecule has 0 saturated heterocycles. The highest BCUT2D eigenvalue weighted by molar-refractivity contribution is 7.17. The zero-order valence-corrected chi connectivity index (χ0v) is 11.2. The van der Waals surface area contributed by atoms with Crippen molar-refractivity contribution in [2.24, 2.45) is 0 Å². The molecule has 0 spiro atoms. The van der Waals surface area contributed by atoms with Crippen molar-refractivity contribution in [1.29, 1.82) is 0 Å². The summed E-state index contributed by atoms with van der Waals surface area (Å²) in [6.07, 6.45) is 1.75. The standard InChI is InChI=1S/C14H8ClNO2S/c15-12-6-5-8(19-12)7-11-9-3-1-2-4-10(9)13(17)16-14(11)18/h1-7H,(H,16,17,18). The van der Waals surface area contributed by atoms with E-state index in [2.05, 4.69) is 5.32 Å². The Morgan fingerprint density at radius 1 is 1.00 bits per heavy atom. The average molecular weight is 290 g/mol. The molecule has 1 N–H and O–H groups in total. The third-order valence-electron chi connectivity index (χ3n) is 2.81. The number of nitrogens with one attached hydrogen (secondary N) is 1. The second-order valence-electron chi connectivity index (χ2n) is 4.03. The first-order chi connectivity index (χ1) is 9.15. The van der Waals surface area contributed by atoms with E-state index < -0.39 is 0 Å². The predicted octanol–water partition coefficient (Wildman–Crippen LogP) is 3.21. The largest absolute Gasteiger partial charge is 0.288 e. The number of benzene rings is 1. The van der Waals surface area contributed by atoms with Gasteiger partial charge in [-0.15, -0.1) is 11.3 Å². The Morgan fingerprint density at radius 2 is 1.74 bits per heavy atom. The van der Waals surface area contributed by atoms with Crippen LogP contribution in [0, 0.1) is 0 Å². The number of amides is 2. The van der Waals surface area contributed by atoms with Crippen LogP contribution in [0.2, 0.25) is 4.34 Å². The van der Waals surface area contributed by atoms with E-state index in [-0.39, 0.29) is 11.8 Å². The minimum absolute atomic E-state index is 0.359. The van der Waals surface area contributed by atoms with Crippen molar-refractivity contribution in [3.63, 3.8) is 0 Å². The fraction of sp³-hybridized carbons (Fsp3) is 0. The van der Waals surface area contributed by atoms with Gasteiger partial charge in [0.25, 0.3) is 11.8 Å². The zero-order chi connectivity index (χ0) is 13.4. The molecule has 2 heterocycles. The van der Waals surface area contributed by atoms with Crippen LogP contribution in [0.3, 0.4) is 0 Å². The summed E-state index contributed by atoms with van der Waals surface area (Å²) in [7, 11) is 0. The minimum Gasteiger partial charge on any atom is -0.288 e. The van der Waals surface area contributed by atoms with Crippen molar-refractivity contribution < 1.29 is 9.59 Å². The first kappa shape index (κ1) is 12.1. The van der Waals surface area contributed by atoms with Crippen LogP contribution in [0.4, 0.5) is 0 Å². The normalized spacial score (nSPS) is 16.4. The van der Waals surface area contributed by atoms with Crippen molar-refractivity contribution in [2.45, 2.75) is 0 Å². The van der Waals surface area contributed by atoms with Gasteiger partial charge in [-0.25, -0.2) is 0 Å². The number of thiophene rings is 1. The molecule has 1 aromatic carbocycles. The summed E-state index contributed by atoms with van der Waals surface area (Å²) >= 11 is 7.26.